The van der Waals surface area contributed by atoms with E-state index in [1.807, 2.05) is 54.3 Å². The highest BCUT2D eigenvalue weighted by atomic mass is 16.2. The molecule has 30 heavy (non-hydrogen) atoms. The third-order valence-corrected chi connectivity index (χ3v) is 5.05. The molecule has 2 aromatic heterocycles. The van der Waals surface area contributed by atoms with Gasteiger partial charge in [0.15, 0.2) is 0 Å². The molecule has 1 aliphatic heterocycles. The molecule has 1 aromatic carbocycles. The molecular formula is C22H24N6O2. The van der Waals surface area contributed by atoms with Crippen molar-refractivity contribution in [3.63, 3.8) is 0 Å². The molecule has 0 radical (unpaired) electrons. The van der Waals surface area contributed by atoms with Crippen LogP contribution in [0, 0.1) is 6.92 Å². The maximum Gasteiger partial charge on any atom is 0.253 e. The van der Waals surface area contributed by atoms with Gasteiger partial charge in [-0.2, -0.15) is 5.10 Å². The van der Waals surface area contributed by atoms with Gasteiger partial charge in [-0.15, -0.1) is 0 Å². The number of nitrogens with one attached hydrogen (secondary N) is 1. The molecule has 1 saturated heterocycles. The number of aromatic nitrogens is 3. The van der Waals surface area contributed by atoms with Crippen LogP contribution in [-0.4, -0.2) is 57.7 Å². The smallest absolute Gasteiger partial charge is 0.253 e. The Hall–Kier alpha value is -3.68. The lowest BCUT2D eigenvalue weighted by Crippen LogP contribution is -2.49. The van der Waals surface area contributed by atoms with Crippen LogP contribution in [0.15, 0.2) is 54.9 Å². The Labute approximate surface area is 175 Å². The number of hydrogen-bond acceptors (Lipinski definition) is 5. The Morgan fingerprint density at radius 2 is 1.73 bits per heavy atom. The largest absolute Gasteiger partial charge is 0.353 e. The first-order chi connectivity index (χ1) is 14.5. The molecule has 0 unspecified atom stereocenters. The number of benzene rings is 1. The maximum absolute atomic E-state index is 12.9. The molecule has 8 nitrogen and oxygen atoms in total. The van der Waals surface area contributed by atoms with E-state index in [4.69, 9.17) is 0 Å². The number of nitrogens with zero attached hydrogens (tertiary/aromatic N) is 5. The van der Waals surface area contributed by atoms with Crippen LogP contribution in [0.5, 0.6) is 0 Å². The second-order valence-electron chi connectivity index (χ2n) is 7.32. The lowest BCUT2D eigenvalue weighted by Gasteiger charge is -2.35. The van der Waals surface area contributed by atoms with Gasteiger partial charge in [0.1, 0.15) is 5.82 Å². The molecule has 0 spiro atoms. The minimum Gasteiger partial charge on any atom is -0.353 e. The summed E-state index contributed by atoms with van der Waals surface area (Å²) in [6.07, 6.45) is 3.32. The summed E-state index contributed by atoms with van der Waals surface area (Å²) in [6, 6.07) is 13.3. The zero-order chi connectivity index (χ0) is 21.1. The third-order valence-electron chi connectivity index (χ3n) is 5.05. The van der Waals surface area contributed by atoms with Gasteiger partial charge in [0.25, 0.3) is 5.91 Å². The maximum atomic E-state index is 12.9. The van der Waals surface area contributed by atoms with Gasteiger partial charge < -0.3 is 15.1 Å². The number of rotatable bonds is 4. The van der Waals surface area contributed by atoms with Gasteiger partial charge in [-0.25, -0.2) is 9.67 Å². The average molecular weight is 404 g/mol. The van der Waals surface area contributed by atoms with Crippen molar-refractivity contribution in [3.8, 4) is 5.69 Å². The van der Waals surface area contributed by atoms with Crippen molar-refractivity contribution >= 4 is 23.3 Å². The van der Waals surface area contributed by atoms with Crippen molar-refractivity contribution in [2.24, 2.45) is 0 Å². The molecule has 0 bridgehead atoms. The fourth-order valence-electron chi connectivity index (χ4n) is 3.51. The first kappa shape index (κ1) is 19.6. The van der Waals surface area contributed by atoms with Crippen molar-refractivity contribution in [1.82, 2.24) is 19.7 Å². The van der Waals surface area contributed by atoms with Gasteiger partial charge in [0.05, 0.1) is 23.8 Å². The summed E-state index contributed by atoms with van der Waals surface area (Å²) < 4.78 is 1.66. The summed E-state index contributed by atoms with van der Waals surface area (Å²) in [5, 5.41) is 6.94. The number of hydrogen-bond donors (Lipinski definition) is 1. The Morgan fingerprint density at radius 3 is 2.40 bits per heavy atom. The number of aryl methyl sites for hydroxylation is 1. The summed E-state index contributed by atoms with van der Waals surface area (Å²) in [5.41, 5.74) is 3.09. The van der Waals surface area contributed by atoms with Crippen LogP contribution < -0.4 is 10.2 Å². The van der Waals surface area contributed by atoms with E-state index in [1.165, 1.54) is 6.92 Å². The van der Waals surface area contributed by atoms with E-state index in [0.29, 0.717) is 24.3 Å². The SMILES string of the molecule is CC(=O)Nc1cnn(-c2ccc(C(=O)N3CCN(c4cccc(C)n4)CC3)cc2)c1. The highest BCUT2D eigenvalue weighted by molar-refractivity contribution is 5.94. The molecule has 4 rings (SSSR count). The number of piperazine rings is 1. The van der Waals surface area contributed by atoms with E-state index in [1.54, 1.807) is 17.1 Å². The highest BCUT2D eigenvalue weighted by Gasteiger charge is 2.23. The number of carbonyl (C=O) groups is 2. The van der Waals surface area contributed by atoms with Crippen molar-refractivity contribution in [1.29, 1.82) is 0 Å². The van der Waals surface area contributed by atoms with Gasteiger partial charge in [0, 0.05) is 44.4 Å². The van der Waals surface area contributed by atoms with E-state index in [2.05, 4.69) is 20.3 Å². The van der Waals surface area contributed by atoms with E-state index in [-0.39, 0.29) is 11.8 Å². The Balaban J connectivity index is 1.38. The monoisotopic (exact) mass is 404 g/mol. The van der Waals surface area contributed by atoms with E-state index < -0.39 is 0 Å². The Bertz CT molecular complexity index is 1050. The van der Waals surface area contributed by atoms with Crippen LogP contribution in [0.2, 0.25) is 0 Å². The number of anilines is 2. The summed E-state index contributed by atoms with van der Waals surface area (Å²) in [5.74, 6) is 0.843. The average Bonchev–Trinajstić information content (AvgIpc) is 3.21. The lowest BCUT2D eigenvalue weighted by atomic mass is 10.1. The molecule has 2 amide bonds. The van der Waals surface area contributed by atoms with Crippen molar-refractivity contribution in [3.05, 3.63) is 66.1 Å². The molecule has 0 atom stereocenters. The van der Waals surface area contributed by atoms with Gasteiger partial charge in [-0.05, 0) is 43.3 Å². The molecule has 1 aliphatic rings. The summed E-state index contributed by atoms with van der Waals surface area (Å²) >= 11 is 0. The normalized spacial score (nSPS) is 13.9. The van der Waals surface area contributed by atoms with Gasteiger partial charge in [0.2, 0.25) is 5.91 Å². The topological polar surface area (TPSA) is 83.4 Å². The second kappa shape index (κ2) is 8.36. The fraction of sp³-hybridized carbons (Fsp3) is 0.273. The van der Waals surface area contributed by atoms with Crippen molar-refractivity contribution < 1.29 is 9.59 Å². The van der Waals surface area contributed by atoms with Gasteiger partial charge in [-0.1, -0.05) is 6.07 Å². The van der Waals surface area contributed by atoms with E-state index >= 15 is 0 Å². The predicted molar refractivity (Wildman–Crippen MR) is 115 cm³/mol. The van der Waals surface area contributed by atoms with Gasteiger partial charge >= 0.3 is 0 Å². The van der Waals surface area contributed by atoms with Crippen molar-refractivity contribution in [2.45, 2.75) is 13.8 Å². The third kappa shape index (κ3) is 4.32. The number of amides is 2. The standard InChI is InChI=1S/C22H24N6O2/c1-16-4-3-5-21(24-16)26-10-12-27(13-11-26)22(30)18-6-8-20(9-7-18)28-15-19(14-23-28)25-17(2)29/h3-9,14-15H,10-13H2,1-2H3,(H,25,29). The number of pyridine rings is 1. The van der Waals surface area contributed by atoms with Crippen LogP contribution in [0.3, 0.4) is 0 Å². The second-order valence-corrected chi connectivity index (χ2v) is 7.32. The molecule has 0 saturated carbocycles. The number of carbonyl (C=O) groups excluding carboxylic acids is 2. The lowest BCUT2D eigenvalue weighted by molar-refractivity contribution is -0.114. The minimum absolute atomic E-state index is 0.0257. The molecule has 1 N–H and O–H groups in total. The van der Waals surface area contributed by atoms with Crippen LogP contribution in [0.25, 0.3) is 5.69 Å². The summed E-state index contributed by atoms with van der Waals surface area (Å²) in [7, 11) is 0. The van der Waals surface area contributed by atoms with Crippen molar-refractivity contribution in [2.75, 3.05) is 36.4 Å². The quantitative estimate of drug-likeness (QED) is 0.722. The molecule has 0 aliphatic carbocycles. The van der Waals surface area contributed by atoms with Crippen LogP contribution in [-0.2, 0) is 4.79 Å². The first-order valence-corrected chi connectivity index (χ1v) is 9.90. The molecule has 1 fully saturated rings. The van der Waals surface area contributed by atoms with Gasteiger partial charge in [-0.3, -0.25) is 9.59 Å². The van der Waals surface area contributed by atoms with Crippen LogP contribution in [0.1, 0.15) is 23.0 Å². The predicted octanol–water partition coefficient (Wildman–Crippen LogP) is 2.50. The summed E-state index contributed by atoms with van der Waals surface area (Å²) in [4.78, 5) is 32.7. The fourth-order valence-corrected chi connectivity index (χ4v) is 3.51. The molecule has 8 heteroatoms. The Kier molecular flexibility index (Phi) is 5.47. The summed E-state index contributed by atoms with van der Waals surface area (Å²) in [6.45, 7) is 6.29. The van der Waals surface area contributed by atoms with Crippen LogP contribution in [0.4, 0.5) is 11.5 Å². The zero-order valence-electron chi connectivity index (χ0n) is 17.1. The minimum atomic E-state index is -0.145. The van der Waals surface area contributed by atoms with E-state index in [9.17, 15) is 9.59 Å². The van der Waals surface area contributed by atoms with E-state index in [0.717, 1.165) is 30.3 Å². The molecule has 154 valence electrons. The highest BCUT2D eigenvalue weighted by Crippen LogP contribution is 2.17. The molecular weight excluding hydrogens is 380 g/mol. The Morgan fingerprint density at radius 1 is 1.00 bits per heavy atom. The molecule has 3 heterocycles. The first-order valence-electron chi connectivity index (χ1n) is 9.90. The van der Waals surface area contributed by atoms with Crippen LogP contribution >= 0.6 is 0 Å². The zero-order valence-corrected chi connectivity index (χ0v) is 17.1. The molecule has 3 aromatic rings.